The van der Waals surface area contributed by atoms with E-state index in [1.807, 2.05) is 0 Å². The predicted molar refractivity (Wildman–Crippen MR) is 85.1 cm³/mol. The highest BCUT2D eigenvalue weighted by Crippen LogP contribution is 2.30. The van der Waals surface area contributed by atoms with Crippen molar-refractivity contribution in [2.75, 3.05) is 26.2 Å². The third-order valence-electron chi connectivity index (χ3n) is 4.99. The number of hydrogen-bond donors (Lipinski definition) is 1. The number of ether oxygens (including phenoxy) is 1. The zero-order valence-corrected chi connectivity index (χ0v) is 14.0. The number of nitrogens with zero attached hydrogens (tertiary/aromatic N) is 1. The Hall–Kier alpha value is -0.120. The third kappa shape index (κ3) is 4.19. The fraction of sp³-hybridized carbons (Fsp3) is 1.00. The van der Waals surface area contributed by atoms with E-state index in [1.54, 1.807) is 0 Å². The van der Waals surface area contributed by atoms with Crippen molar-refractivity contribution in [1.82, 2.24) is 10.2 Å². The van der Waals surface area contributed by atoms with Gasteiger partial charge in [0.2, 0.25) is 0 Å². The standard InChI is InChI=1S/C17H34N2O/c1-5-10-18-16(17(2,3)4)9-11-19-12-13-20-15-8-6-7-14(15)19/h14-16,18H,5-13H2,1-4H3. The molecule has 3 atom stereocenters. The molecule has 1 saturated heterocycles. The Kier molecular flexibility index (Phi) is 5.88. The minimum Gasteiger partial charge on any atom is -0.375 e. The first kappa shape index (κ1) is 16.3. The van der Waals surface area contributed by atoms with Crippen molar-refractivity contribution < 1.29 is 4.74 Å². The normalized spacial score (nSPS) is 29.4. The van der Waals surface area contributed by atoms with Crippen LogP contribution >= 0.6 is 0 Å². The number of morpholine rings is 1. The summed E-state index contributed by atoms with van der Waals surface area (Å²) in [6, 6.07) is 1.32. The highest BCUT2D eigenvalue weighted by molar-refractivity contribution is 4.90. The molecule has 3 heteroatoms. The highest BCUT2D eigenvalue weighted by Gasteiger charge is 2.36. The lowest BCUT2D eigenvalue weighted by atomic mass is 9.84. The van der Waals surface area contributed by atoms with Crippen LogP contribution < -0.4 is 5.32 Å². The van der Waals surface area contributed by atoms with Gasteiger partial charge in [0.25, 0.3) is 0 Å². The molecule has 0 aromatic carbocycles. The Morgan fingerprint density at radius 2 is 2.10 bits per heavy atom. The molecule has 3 unspecified atom stereocenters. The van der Waals surface area contributed by atoms with E-state index in [4.69, 9.17) is 4.74 Å². The molecule has 2 rings (SSSR count). The molecule has 3 nitrogen and oxygen atoms in total. The van der Waals surface area contributed by atoms with Crippen molar-refractivity contribution >= 4 is 0 Å². The molecule has 1 saturated carbocycles. The van der Waals surface area contributed by atoms with Crippen LogP contribution in [0.1, 0.15) is 59.8 Å². The second-order valence-electron chi connectivity index (χ2n) is 7.60. The smallest absolute Gasteiger partial charge is 0.0730 e. The van der Waals surface area contributed by atoms with Gasteiger partial charge in [0, 0.05) is 25.2 Å². The van der Waals surface area contributed by atoms with Gasteiger partial charge in [0.15, 0.2) is 0 Å². The summed E-state index contributed by atoms with van der Waals surface area (Å²) >= 11 is 0. The van der Waals surface area contributed by atoms with Crippen LogP contribution in [-0.2, 0) is 4.74 Å². The molecule has 0 bridgehead atoms. The highest BCUT2D eigenvalue weighted by atomic mass is 16.5. The van der Waals surface area contributed by atoms with Crippen LogP contribution in [0.3, 0.4) is 0 Å². The molecule has 0 aromatic rings. The zero-order valence-electron chi connectivity index (χ0n) is 14.0. The Morgan fingerprint density at radius 3 is 2.80 bits per heavy atom. The number of fused-ring (bicyclic) bond motifs is 1. The molecule has 1 aliphatic carbocycles. The molecular formula is C17H34N2O. The third-order valence-corrected chi connectivity index (χ3v) is 4.99. The lowest BCUT2D eigenvalue weighted by molar-refractivity contribution is -0.0572. The van der Waals surface area contributed by atoms with E-state index in [-0.39, 0.29) is 0 Å². The second-order valence-corrected chi connectivity index (χ2v) is 7.60. The van der Waals surface area contributed by atoms with Gasteiger partial charge in [-0.15, -0.1) is 0 Å². The fourth-order valence-electron chi connectivity index (χ4n) is 3.74. The first-order valence-corrected chi connectivity index (χ1v) is 8.61. The topological polar surface area (TPSA) is 24.5 Å². The van der Waals surface area contributed by atoms with Crippen molar-refractivity contribution in [3.05, 3.63) is 0 Å². The molecule has 1 aliphatic heterocycles. The summed E-state index contributed by atoms with van der Waals surface area (Å²) in [5.74, 6) is 0. The van der Waals surface area contributed by atoms with Gasteiger partial charge in [0.05, 0.1) is 12.7 Å². The molecule has 0 spiro atoms. The molecule has 0 amide bonds. The van der Waals surface area contributed by atoms with Crippen LogP contribution in [0.15, 0.2) is 0 Å². The maximum atomic E-state index is 5.91. The van der Waals surface area contributed by atoms with E-state index < -0.39 is 0 Å². The summed E-state index contributed by atoms with van der Waals surface area (Å²) < 4.78 is 5.91. The van der Waals surface area contributed by atoms with Crippen LogP contribution in [-0.4, -0.2) is 49.3 Å². The quantitative estimate of drug-likeness (QED) is 0.810. The second kappa shape index (κ2) is 7.24. The molecular weight excluding hydrogens is 248 g/mol. The first-order chi connectivity index (χ1) is 9.52. The number of nitrogens with one attached hydrogen (secondary N) is 1. The predicted octanol–water partition coefficient (Wildman–Crippen LogP) is 3.04. The van der Waals surface area contributed by atoms with Crippen LogP contribution in [0.4, 0.5) is 0 Å². The van der Waals surface area contributed by atoms with E-state index in [0.29, 0.717) is 23.6 Å². The van der Waals surface area contributed by atoms with Crippen molar-refractivity contribution in [3.8, 4) is 0 Å². The van der Waals surface area contributed by atoms with Crippen LogP contribution in [0.5, 0.6) is 0 Å². The van der Waals surface area contributed by atoms with Gasteiger partial charge in [-0.3, -0.25) is 4.90 Å². The average Bonchev–Trinajstić information content (AvgIpc) is 2.86. The minimum atomic E-state index is 0.344. The number of hydrogen-bond acceptors (Lipinski definition) is 3. The van der Waals surface area contributed by atoms with Gasteiger partial charge in [-0.2, -0.15) is 0 Å². The molecule has 0 aromatic heterocycles. The molecule has 1 N–H and O–H groups in total. The number of rotatable bonds is 6. The van der Waals surface area contributed by atoms with E-state index in [0.717, 1.165) is 19.7 Å². The van der Waals surface area contributed by atoms with E-state index in [1.165, 1.54) is 38.6 Å². The lowest BCUT2D eigenvalue weighted by Gasteiger charge is -2.40. The minimum absolute atomic E-state index is 0.344. The van der Waals surface area contributed by atoms with Gasteiger partial charge < -0.3 is 10.1 Å². The summed E-state index contributed by atoms with van der Waals surface area (Å²) in [7, 11) is 0. The molecule has 2 aliphatic rings. The fourth-order valence-corrected chi connectivity index (χ4v) is 3.74. The van der Waals surface area contributed by atoms with Crippen LogP contribution in [0.2, 0.25) is 0 Å². The SMILES string of the molecule is CCCNC(CCN1CCOC2CCCC21)C(C)(C)C. The Balaban J connectivity index is 1.84. The molecule has 1 heterocycles. The summed E-state index contributed by atoms with van der Waals surface area (Å²) in [6.07, 6.45) is 6.97. The zero-order chi connectivity index (χ0) is 14.6. The van der Waals surface area contributed by atoms with Crippen molar-refractivity contribution in [1.29, 1.82) is 0 Å². The summed E-state index contributed by atoms with van der Waals surface area (Å²) in [4.78, 5) is 2.70. The molecule has 0 radical (unpaired) electrons. The summed E-state index contributed by atoms with van der Waals surface area (Å²) in [5, 5.41) is 3.75. The maximum Gasteiger partial charge on any atom is 0.0730 e. The van der Waals surface area contributed by atoms with Gasteiger partial charge in [-0.25, -0.2) is 0 Å². The van der Waals surface area contributed by atoms with Crippen molar-refractivity contribution in [2.45, 2.75) is 78.0 Å². The monoisotopic (exact) mass is 282 g/mol. The Bertz CT molecular complexity index is 287. The maximum absolute atomic E-state index is 5.91. The van der Waals surface area contributed by atoms with Crippen LogP contribution in [0.25, 0.3) is 0 Å². The Morgan fingerprint density at radius 1 is 1.30 bits per heavy atom. The molecule has 2 fully saturated rings. The van der Waals surface area contributed by atoms with Gasteiger partial charge in [-0.05, 0) is 44.1 Å². The summed E-state index contributed by atoms with van der Waals surface area (Å²) in [6.45, 7) is 13.8. The largest absolute Gasteiger partial charge is 0.375 e. The first-order valence-electron chi connectivity index (χ1n) is 8.61. The molecule has 20 heavy (non-hydrogen) atoms. The van der Waals surface area contributed by atoms with E-state index in [2.05, 4.69) is 37.9 Å². The molecule has 118 valence electrons. The van der Waals surface area contributed by atoms with E-state index >= 15 is 0 Å². The van der Waals surface area contributed by atoms with Gasteiger partial charge in [-0.1, -0.05) is 27.7 Å². The lowest BCUT2D eigenvalue weighted by Crippen LogP contribution is -2.51. The average molecular weight is 282 g/mol. The van der Waals surface area contributed by atoms with E-state index in [9.17, 15) is 0 Å². The van der Waals surface area contributed by atoms with Crippen molar-refractivity contribution in [2.24, 2.45) is 5.41 Å². The Labute approximate surface area is 125 Å². The van der Waals surface area contributed by atoms with Gasteiger partial charge >= 0.3 is 0 Å². The van der Waals surface area contributed by atoms with Crippen molar-refractivity contribution in [3.63, 3.8) is 0 Å². The summed E-state index contributed by atoms with van der Waals surface area (Å²) in [5.41, 5.74) is 0.344. The van der Waals surface area contributed by atoms with Crippen LogP contribution in [0, 0.1) is 5.41 Å². The van der Waals surface area contributed by atoms with Gasteiger partial charge in [0.1, 0.15) is 0 Å².